The van der Waals surface area contributed by atoms with Crippen molar-refractivity contribution < 1.29 is 9.53 Å². The first kappa shape index (κ1) is 14.1. The Bertz CT molecular complexity index is 589. The number of ether oxygens (including phenoxy) is 1. The second kappa shape index (κ2) is 6.23. The third kappa shape index (κ3) is 3.59. The van der Waals surface area contributed by atoms with E-state index in [4.69, 9.17) is 27.9 Å². The molecule has 0 aliphatic carbocycles. The first-order valence-corrected chi connectivity index (χ1v) is 6.88. The monoisotopic (exact) mass is 316 g/mol. The molecule has 19 heavy (non-hydrogen) atoms. The van der Waals surface area contributed by atoms with E-state index in [1.165, 1.54) is 24.6 Å². The van der Waals surface area contributed by atoms with Gasteiger partial charge in [0.05, 0.1) is 13.3 Å². The average Bonchev–Trinajstić information content (AvgIpc) is 2.81. The van der Waals surface area contributed by atoms with Crippen LogP contribution in [0.1, 0.15) is 11.0 Å². The standard InChI is InChI=1S/C12H10Cl2N2O2S/c1-18-12(17)10(11-15-6-9(14)19-11)16-8-4-2-3-7(13)5-8/h2-6,10,16H,1H3. The first-order chi connectivity index (χ1) is 9.10. The Morgan fingerprint density at radius 2 is 2.26 bits per heavy atom. The predicted molar refractivity (Wildman–Crippen MR) is 77.0 cm³/mol. The lowest BCUT2D eigenvalue weighted by molar-refractivity contribution is -0.141. The SMILES string of the molecule is COC(=O)C(Nc1cccc(Cl)c1)c1ncc(Cl)s1. The number of nitrogens with zero attached hydrogens (tertiary/aromatic N) is 1. The zero-order valence-corrected chi connectivity index (χ0v) is 12.2. The van der Waals surface area contributed by atoms with Gasteiger partial charge in [-0.3, -0.25) is 0 Å². The highest BCUT2D eigenvalue weighted by Gasteiger charge is 2.24. The Hall–Kier alpha value is -1.30. The fourth-order valence-electron chi connectivity index (χ4n) is 1.48. The molecule has 1 heterocycles. The number of carbonyl (C=O) groups is 1. The molecule has 0 bridgehead atoms. The summed E-state index contributed by atoms with van der Waals surface area (Å²) in [5, 5.41) is 4.14. The number of thiazole rings is 1. The van der Waals surface area contributed by atoms with E-state index < -0.39 is 12.0 Å². The van der Waals surface area contributed by atoms with Gasteiger partial charge in [-0.25, -0.2) is 9.78 Å². The fraction of sp³-hybridized carbons (Fsp3) is 0.167. The summed E-state index contributed by atoms with van der Waals surface area (Å²) in [6, 6.07) is 6.35. The number of halogens is 2. The van der Waals surface area contributed by atoms with Crippen LogP contribution < -0.4 is 5.32 Å². The molecule has 1 unspecified atom stereocenters. The Morgan fingerprint density at radius 3 is 2.84 bits per heavy atom. The summed E-state index contributed by atoms with van der Waals surface area (Å²) in [5.41, 5.74) is 0.703. The fourth-order valence-corrected chi connectivity index (χ4v) is 2.64. The zero-order valence-electron chi connectivity index (χ0n) is 9.89. The summed E-state index contributed by atoms with van der Waals surface area (Å²) < 4.78 is 5.28. The second-order valence-corrected chi connectivity index (χ2v) is 5.74. The van der Waals surface area contributed by atoms with E-state index in [-0.39, 0.29) is 0 Å². The number of methoxy groups -OCH3 is 1. The van der Waals surface area contributed by atoms with E-state index >= 15 is 0 Å². The summed E-state index contributed by atoms with van der Waals surface area (Å²) in [7, 11) is 1.32. The molecule has 0 aliphatic heterocycles. The molecule has 1 aromatic heterocycles. The van der Waals surface area contributed by atoms with Gasteiger partial charge in [0.15, 0.2) is 6.04 Å². The zero-order chi connectivity index (χ0) is 13.8. The molecule has 0 fully saturated rings. The molecule has 0 radical (unpaired) electrons. The lowest BCUT2D eigenvalue weighted by Gasteiger charge is -2.15. The van der Waals surface area contributed by atoms with E-state index in [9.17, 15) is 4.79 Å². The number of hydrogen-bond acceptors (Lipinski definition) is 5. The van der Waals surface area contributed by atoms with E-state index in [2.05, 4.69) is 10.3 Å². The van der Waals surface area contributed by atoms with Gasteiger partial charge in [-0.2, -0.15) is 0 Å². The van der Waals surface area contributed by atoms with E-state index in [0.717, 1.165) is 0 Å². The Labute approximate surface area is 124 Å². The van der Waals surface area contributed by atoms with Gasteiger partial charge >= 0.3 is 5.97 Å². The second-order valence-electron chi connectivity index (χ2n) is 3.61. The third-order valence-electron chi connectivity index (χ3n) is 2.31. The van der Waals surface area contributed by atoms with E-state index in [1.54, 1.807) is 24.3 Å². The molecule has 1 aromatic carbocycles. The van der Waals surface area contributed by atoms with Crippen molar-refractivity contribution in [2.45, 2.75) is 6.04 Å². The van der Waals surface area contributed by atoms with Crippen LogP contribution in [-0.4, -0.2) is 18.1 Å². The van der Waals surface area contributed by atoms with Crippen LogP contribution in [0.4, 0.5) is 5.69 Å². The molecule has 2 rings (SSSR count). The normalized spacial score (nSPS) is 11.9. The lowest BCUT2D eigenvalue weighted by atomic mass is 10.2. The number of nitrogens with one attached hydrogen (secondary N) is 1. The number of carbonyl (C=O) groups excluding carboxylic acids is 1. The van der Waals surface area contributed by atoms with Crippen LogP contribution in [0.2, 0.25) is 9.36 Å². The molecule has 0 saturated heterocycles. The van der Waals surface area contributed by atoms with Gasteiger partial charge in [-0.1, -0.05) is 29.3 Å². The molecule has 100 valence electrons. The van der Waals surface area contributed by atoms with Crippen molar-refractivity contribution in [1.82, 2.24) is 4.98 Å². The highest BCUT2D eigenvalue weighted by Crippen LogP contribution is 2.28. The minimum atomic E-state index is -0.707. The van der Waals surface area contributed by atoms with Crippen molar-refractivity contribution in [2.24, 2.45) is 0 Å². The van der Waals surface area contributed by atoms with Crippen molar-refractivity contribution in [2.75, 3.05) is 12.4 Å². The average molecular weight is 317 g/mol. The molecular weight excluding hydrogens is 307 g/mol. The van der Waals surface area contributed by atoms with Gasteiger partial charge < -0.3 is 10.1 Å². The number of benzene rings is 1. The van der Waals surface area contributed by atoms with Gasteiger partial charge in [0.1, 0.15) is 9.34 Å². The maximum atomic E-state index is 11.8. The van der Waals surface area contributed by atoms with Crippen LogP contribution >= 0.6 is 34.5 Å². The molecule has 0 amide bonds. The van der Waals surface area contributed by atoms with Gasteiger partial charge in [0.25, 0.3) is 0 Å². The van der Waals surface area contributed by atoms with Gasteiger partial charge in [0, 0.05) is 10.7 Å². The minimum absolute atomic E-state index is 0.439. The third-order valence-corrected chi connectivity index (χ3v) is 3.73. The maximum Gasteiger partial charge on any atom is 0.335 e. The van der Waals surface area contributed by atoms with E-state index in [1.807, 2.05) is 0 Å². The highest BCUT2D eigenvalue weighted by molar-refractivity contribution is 7.16. The minimum Gasteiger partial charge on any atom is -0.467 e. The summed E-state index contributed by atoms with van der Waals surface area (Å²) in [4.78, 5) is 15.9. The first-order valence-electron chi connectivity index (χ1n) is 5.31. The van der Waals surface area contributed by atoms with Gasteiger partial charge in [0.2, 0.25) is 0 Å². The molecule has 1 atom stereocenters. The van der Waals surface area contributed by atoms with Crippen molar-refractivity contribution in [3.05, 3.63) is 44.8 Å². The van der Waals surface area contributed by atoms with Crippen LogP contribution in [0, 0.1) is 0 Å². The largest absolute Gasteiger partial charge is 0.467 e. The maximum absolute atomic E-state index is 11.8. The summed E-state index contributed by atoms with van der Waals surface area (Å²) >= 11 is 13.0. The predicted octanol–water partition coefficient (Wildman–Crippen LogP) is 3.78. The number of anilines is 1. The van der Waals surface area contributed by atoms with Crippen molar-refractivity contribution >= 4 is 46.2 Å². The van der Waals surface area contributed by atoms with Crippen LogP contribution in [0.5, 0.6) is 0 Å². The van der Waals surface area contributed by atoms with Crippen molar-refractivity contribution in [3.8, 4) is 0 Å². The van der Waals surface area contributed by atoms with Crippen LogP contribution in [0.15, 0.2) is 30.5 Å². The van der Waals surface area contributed by atoms with E-state index in [0.29, 0.717) is 20.1 Å². The molecule has 1 N–H and O–H groups in total. The Kier molecular flexibility index (Phi) is 4.63. The molecule has 2 aromatic rings. The smallest absolute Gasteiger partial charge is 0.335 e. The topological polar surface area (TPSA) is 51.2 Å². The van der Waals surface area contributed by atoms with Crippen LogP contribution in [0.3, 0.4) is 0 Å². The van der Waals surface area contributed by atoms with Gasteiger partial charge in [-0.05, 0) is 18.2 Å². The quantitative estimate of drug-likeness (QED) is 0.872. The Morgan fingerprint density at radius 1 is 1.47 bits per heavy atom. The van der Waals surface area contributed by atoms with Crippen LogP contribution in [0.25, 0.3) is 0 Å². The summed E-state index contributed by atoms with van der Waals surface area (Å²) in [5.74, 6) is -0.439. The lowest BCUT2D eigenvalue weighted by Crippen LogP contribution is -2.22. The van der Waals surface area contributed by atoms with Crippen LogP contribution in [-0.2, 0) is 9.53 Å². The highest BCUT2D eigenvalue weighted by atomic mass is 35.5. The molecular formula is C12H10Cl2N2O2S. The molecule has 0 saturated carbocycles. The molecule has 4 nitrogen and oxygen atoms in total. The number of aromatic nitrogens is 1. The summed E-state index contributed by atoms with van der Waals surface area (Å²) in [6.07, 6.45) is 1.50. The summed E-state index contributed by atoms with van der Waals surface area (Å²) in [6.45, 7) is 0. The number of rotatable bonds is 4. The van der Waals surface area contributed by atoms with Crippen molar-refractivity contribution in [3.63, 3.8) is 0 Å². The van der Waals surface area contributed by atoms with Crippen molar-refractivity contribution in [1.29, 1.82) is 0 Å². The van der Waals surface area contributed by atoms with Gasteiger partial charge in [-0.15, -0.1) is 11.3 Å². The number of esters is 1. The number of hydrogen-bond donors (Lipinski definition) is 1. The molecule has 0 spiro atoms. The molecule has 0 aliphatic rings. The Balaban J connectivity index is 2.26. The molecule has 7 heteroatoms.